The molecule has 1 aromatic rings. The van der Waals surface area contributed by atoms with Gasteiger partial charge in [0.05, 0.1) is 12.1 Å². The molecule has 0 aromatic heterocycles. The Kier molecular flexibility index (Phi) is 5.02. The normalized spacial score (nSPS) is 15.6. The van der Waals surface area contributed by atoms with E-state index in [0.29, 0.717) is 12.8 Å². The zero-order valence-corrected chi connectivity index (χ0v) is 10.7. The molecule has 1 rings (SSSR count). The number of benzene rings is 1. The Morgan fingerprint density at radius 2 is 1.89 bits per heavy atom. The second kappa shape index (κ2) is 6.51. The first kappa shape index (κ1) is 13.9. The van der Waals surface area contributed by atoms with E-state index in [2.05, 4.69) is 22.4 Å². The van der Waals surface area contributed by atoms with Gasteiger partial charge in [0, 0.05) is 0 Å². The van der Waals surface area contributed by atoms with Crippen molar-refractivity contribution in [3.63, 3.8) is 0 Å². The molecule has 0 aliphatic heterocycles. The van der Waals surface area contributed by atoms with Crippen molar-refractivity contribution in [2.75, 3.05) is 0 Å². The standard InChI is InChI=1S/C14H16N4/c1-3-13(10-15)17-18-14(4-2,11-16)12-8-6-5-7-9-12/h5-9,13H,3-4H2,1-2H3. The van der Waals surface area contributed by atoms with Gasteiger partial charge in [-0.3, -0.25) is 0 Å². The summed E-state index contributed by atoms with van der Waals surface area (Å²) in [6, 6.07) is 13.1. The molecular weight excluding hydrogens is 224 g/mol. The van der Waals surface area contributed by atoms with Gasteiger partial charge in [0.15, 0.2) is 11.6 Å². The maximum absolute atomic E-state index is 9.40. The van der Waals surface area contributed by atoms with Crippen molar-refractivity contribution in [3.8, 4) is 12.1 Å². The Labute approximate surface area is 108 Å². The lowest BCUT2D eigenvalue weighted by Crippen LogP contribution is -2.20. The van der Waals surface area contributed by atoms with Gasteiger partial charge >= 0.3 is 0 Å². The minimum absolute atomic E-state index is 0.479. The molecule has 0 heterocycles. The lowest BCUT2D eigenvalue weighted by atomic mass is 9.90. The fourth-order valence-electron chi connectivity index (χ4n) is 1.58. The summed E-state index contributed by atoms with van der Waals surface area (Å²) in [5.74, 6) is 0. The van der Waals surface area contributed by atoms with E-state index in [1.54, 1.807) is 0 Å². The van der Waals surface area contributed by atoms with E-state index in [1.165, 1.54) is 0 Å². The minimum atomic E-state index is -0.981. The molecule has 0 spiro atoms. The van der Waals surface area contributed by atoms with E-state index in [4.69, 9.17) is 5.26 Å². The van der Waals surface area contributed by atoms with Crippen molar-refractivity contribution in [2.45, 2.75) is 38.3 Å². The summed E-state index contributed by atoms with van der Waals surface area (Å²) in [6.45, 7) is 3.76. The lowest BCUT2D eigenvalue weighted by Gasteiger charge is -2.19. The molecule has 18 heavy (non-hydrogen) atoms. The van der Waals surface area contributed by atoms with E-state index in [0.717, 1.165) is 5.56 Å². The SMILES string of the molecule is CCC(C#N)N=NC(C#N)(CC)c1ccccc1. The highest BCUT2D eigenvalue weighted by molar-refractivity contribution is 5.31. The van der Waals surface area contributed by atoms with Crippen molar-refractivity contribution in [1.29, 1.82) is 10.5 Å². The number of rotatable bonds is 5. The van der Waals surface area contributed by atoms with Gasteiger partial charge in [0.25, 0.3) is 0 Å². The molecule has 0 N–H and O–H groups in total. The molecule has 0 radical (unpaired) electrons. The molecule has 4 nitrogen and oxygen atoms in total. The van der Waals surface area contributed by atoms with Crippen LogP contribution >= 0.6 is 0 Å². The van der Waals surface area contributed by atoms with Crippen LogP contribution in [0, 0.1) is 22.7 Å². The first-order valence-electron chi connectivity index (χ1n) is 6.00. The molecule has 0 fully saturated rings. The van der Waals surface area contributed by atoms with Crippen LogP contribution in [0.5, 0.6) is 0 Å². The first-order valence-corrected chi connectivity index (χ1v) is 6.00. The first-order chi connectivity index (χ1) is 8.72. The van der Waals surface area contributed by atoms with Crippen molar-refractivity contribution < 1.29 is 0 Å². The van der Waals surface area contributed by atoms with Crippen LogP contribution in [0.2, 0.25) is 0 Å². The quantitative estimate of drug-likeness (QED) is 0.738. The molecule has 2 atom stereocenters. The molecular formula is C14H16N4. The fourth-order valence-corrected chi connectivity index (χ4v) is 1.58. The molecule has 0 aliphatic carbocycles. The highest BCUT2D eigenvalue weighted by atomic mass is 15.2. The monoisotopic (exact) mass is 240 g/mol. The van der Waals surface area contributed by atoms with E-state index in [1.807, 2.05) is 44.2 Å². The van der Waals surface area contributed by atoms with Gasteiger partial charge in [0.2, 0.25) is 0 Å². The van der Waals surface area contributed by atoms with E-state index >= 15 is 0 Å². The highest BCUT2D eigenvalue weighted by Crippen LogP contribution is 2.29. The molecule has 0 amide bonds. The zero-order valence-electron chi connectivity index (χ0n) is 10.7. The van der Waals surface area contributed by atoms with Gasteiger partial charge in [-0.2, -0.15) is 20.8 Å². The third-order valence-electron chi connectivity index (χ3n) is 2.85. The Bertz CT molecular complexity index is 481. The number of nitrogens with zero attached hydrogens (tertiary/aromatic N) is 4. The number of nitriles is 2. The fraction of sp³-hybridized carbons (Fsp3) is 0.429. The molecule has 2 unspecified atom stereocenters. The summed E-state index contributed by atoms with van der Waals surface area (Å²) in [5, 5.41) is 26.4. The molecule has 4 heteroatoms. The molecule has 0 bridgehead atoms. The summed E-state index contributed by atoms with van der Waals surface area (Å²) < 4.78 is 0. The van der Waals surface area contributed by atoms with Crippen molar-refractivity contribution in [1.82, 2.24) is 0 Å². The third kappa shape index (κ3) is 2.93. The van der Waals surface area contributed by atoms with Gasteiger partial charge < -0.3 is 0 Å². The van der Waals surface area contributed by atoms with E-state index < -0.39 is 11.6 Å². The maximum Gasteiger partial charge on any atom is 0.192 e. The predicted octanol–water partition coefficient (Wildman–Crippen LogP) is 3.57. The molecule has 0 saturated heterocycles. The highest BCUT2D eigenvalue weighted by Gasteiger charge is 2.30. The van der Waals surface area contributed by atoms with Gasteiger partial charge in [0.1, 0.15) is 0 Å². The van der Waals surface area contributed by atoms with Crippen molar-refractivity contribution in [3.05, 3.63) is 35.9 Å². The van der Waals surface area contributed by atoms with Crippen LogP contribution in [0.25, 0.3) is 0 Å². The Morgan fingerprint density at radius 1 is 1.22 bits per heavy atom. The average molecular weight is 240 g/mol. The lowest BCUT2D eigenvalue weighted by molar-refractivity contribution is 0.507. The van der Waals surface area contributed by atoms with Crippen LogP contribution in [0.3, 0.4) is 0 Å². The zero-order chi connectivity index (χ0) is 13.4. The Balaban J connectivity index is 3.11. The number of azo groups is 1. The van der Waals surface area contributed by atoms with Crippen LogP contribution in [0.4, 0.5) is 0 Å². The molecule has 0 aliphatic rings. The third-order valence-corrected chi connectivity index (χ3v) is 2.85. The van der Waals surface area contributed by atoms with Crippen LogP contribution in [-0.4, -0.2) is 6.04 Å². The summed E-state index contributed by atoms with van der Waals surface area (Å²) >= 11 is 0. The van der Waals surface area contributed by atoms with Gasteiger partial charge in [-0.25, -0.2) is 0 Å². The second-order valence-electron chi connectivity index (χ2n) is 3.96. The van der Waals surface area contributed by atoms with Crippen LogP contribution in [-0.2, 0) is 5.54 Å². The molecule has 92 valence electrons. The second-order valence-corrected chi connectivity index (χ2v) is 3.96. The van der Waals surface area contributed by atoms with E-state index in [-0.39, 0.29) is 0 Å². The largest absolute Gasteiger partial charge is 0.196 e. The van der Waals surface area contributed by atoms with Crippen LogP contribution < -0.4 is 0 Å². The number of hydrogen-bond acceptors (Lipinski definition) is 4. The Morgan fingerprint density at radius 3 is 2.33 bits per heavy atom. The summed E-state index contributed by atoms with van der Waals surface area (Å²) in [5.41, 5.74) is -0.169. The number of hydrogen-bond donors (Lipinski definition) is 0. The van der Waals surface area contributed by atoms with E-state index in [9.17, 15) is 5.26 Å². The molecule has 0 saturated carbocycles. The Hall–Kier alpha value is -2.20. The van der Waals surface area contributed by atoms with Gasteiger partial charge in [-0.1, -0.05) is 44.2 Å². The predicted molar refractivity (Wildman–Crippen MR) is 68.6 cm³/mol. The summed E-state index contributed by atoms with van der Waals surface area (Å²) in [4.78, 5) is 0. The van der Waals surface area contributed by atoms with Gasteiger partial charge in [-0.15, -0.1) is 0 Å². The summed E-state index contributed by atoms with van der Waals surface area (Å²) in [6.07, 6.45) is 1.12. The minimum Gasteiger partial charge on any atom is -0.196 e. The van der Waals surface area contributed by atoms with Gasteiger partial charge in [-0.05, 0) is 18.4 Å². The molecule has 1 aromatic carbocycles. The van der Waals surface area contributed by atoms with Crippen LogP contribution in [0.1, 0.15) is 32.3 Å². The van der Waals surface area contributed by atoms with Crippen molar-refractivity contribution >= 4 is 0 Å². The smallest absolute Gasteiger partial charge is 0.192 e. The summed E-state index contributed by atoms with van der Waals surface area (Å²) in [7, 11) is 0. The topological polar surface area (TPSA) is 72.3 Å². The van der Waals surface area contributed by atoms with Crippen LogP contribution in [0.15, 0.2) is 40.6 Å². The maximum atomic E-state index is 9.40. The van der Waals surface area contributed by atoms with Crippen molar-refractivity contribution in [2.24, 2.45) is 10.2 Å². The average Bonchev–Trinajstić information content (AvgIpc) is 2.45.